The first-order chi connectivity index (χ1) is 8.82. The van der Waals surface area contributed by atoms with Gasteiger partial charge in [0.2, 0.25) is 0 Å². The van der Waals surface area contributed by atoms with Crippen molar-refractivity contribution in [2.75, 3.05) is 0 Å². The number of carbonyl (C=O) groups is 1. The molecule has 0 amide bonds. The normalized spacial score (nSPS) is 61.9. The molecular formula is C14H18O5. The summed E-state index contributed by atoms with van der Waals surface area (Å²) in [5.74, 6) is -0.663. The van der Waals surface area contributed by atoms with Crippen LogP contribution >= 0.6 is 0 Å². The molecule has 3 unspecified atom stereocenters. The Hall–Kier alpha value is -0.910. The molecule has 0 aromatic rings. The van der Waals surface area contributed by atoms with Gasteiger partial charge in [-0.25, -0.2) is 0 Å². The van der Waals surface area contributed by atoms with Gasteiger partial charge in [-0.2, -0.15) is 0 Å². The van der Waals surface area contributed by atoms with Crippen molar-refractivity contribution in [3.05, 3.63) is 11.6 Å². The molecule has 3 fully saturated rings. The maximum Gasteiger partial charge on any atom is 0.315 e. The monoisotopic (exact) mass is 266 g/mol. The summed E-state index contributed by atoms with van der Waals surface area (Å²) in [5.41, 5.74) is -0.326. The predicted octanol–water partition coefficient (Wildman–Crippen LogP) is 0.00330. The van der Waals surface area contributed by atoms with E-state index in [2.05, 4.69) is 6.92 Å². The number of epoxide rings is 1. The second-order valence-corrected chi connectivity index (χ2v) is 6.72. The van der Waals surface area contributed by atoms with Crippen LogP contribution in [0.3, 0.4) is 0 Å². The predicted molar refractivity (Wildman–Crippen MR) is 64.0 cm³/mol. The van der Waals surface area contributed by atoms with Crippen molar-refractivity contribution in [1.29, 1.82) is 0 Å². The summed E-state index contributed by atoms with van der Waals surface area (Å²) in [6.45, 7) is 5.75. The maximum atomic E-state index is 12.3. The van der Waals surface area contributed by atoms with E-state index in [1.54, 1.807) is 13.0 Å². The van der Waals surface area contributed by atoms with Crippen LogP contribution in [0, 0.1) is 16.7 Å². The quantitative estimate of drug-likeness (QED) is 0.366. The third kappa shape index (κ3) is 1.04. The molecule has 0 radical (unpaired) electrons. The second kappa shape index (κ2) is 3.05. The van der Waals surface area contributed by atoms with Gasteiger partial charge in [0.15, 0.2) is 0 Å². The Morgan fingerprint density at radius 2 is 1.89 bits per heavy atom. The topological polar surface area (TPSA) is 79.3 Å². The summed E-state index contributed by atoms with van der Waals surface area (Å²) < 4.78 is 11.1. The van der Waals surface area contributed by atoms with Crippen LogP contribution in [0.25, 0.3) is 0 Å². The van der Waals surface area contributed by atoms with Crippen LogP contribution in [0.4, 0.5) is 0 Å². The van der Waals surface area contributed by atoms with Crippen molar-refractivity contribution < 1.29 is 24.5 Å². The van der Waals surface area contributed by atoms with Crippen LogP contribution < -0.4 is 0 Å². The zero-order chi connectivity index (χ0) is 13.7. The molecule has 2 heterocycles. The molecule has 4 rings (SSSR count). The highest BCUT2D eigenvalue weighted by Crippen LogP contribution is 2.67. The molecule has 1 saturated carbocycles. The Bertz CT molecular complexity index is 514. The Kier molecular flexibility index (Phi) is 1.91. The number of aliphatic hydroxyl groups is 2. The Labute approximate surface area is 111 Å². The van der Waals surface area contributed by atoms with Gasteiger partial charge >= 0.3 is 5.97 Å². The number of esters is 1. The lowest BCUT2D eigenvalue weighted by Crippen LogP contribution is -2.61. The Balaban J connectivity index is 1.95. The highest BCUT2D eigenvalue weighted by Gasteiger charge is 2.78. The van der Waals surface area contributed by atoms with E-state index < -0.39 is 29.7 Å². The van der Waals surface area contributed by atoms with Crippen LogP contribution in [-0.2, 0) is 14.3 Å². The van der Waals surface area contributed by atoms with Crippen molar-refractivity contribution in [3.63, 3.8) is 0 Å². The summed E-state index contributed by atoms with van der Waals surface area (Å²) in [6.07, 6.45) is -0.850. The third-order valence-corrected chi connectivity index (χ3v) is 5.95. The molecule has 0 aromatic heterocycles. The molecule has 2 aliphatic heterocycles. The molecule has 2 aliphatic carbocycles. The highest BCUT2D eigenvalue weighted by atomic mass is 16.6. The van der Waals surface area contributed by atoms with Crippen LogP contribution in [-0.4, -0.2) is 46.7 Å². The van der Waals surface area contributed by atoms with E-state index in [0.29, 0.717) is 0 Å². The molecule has 0 bridgehead atoms. The minimum Gasteiger partial charge on any atom is -0.458 e. The van der Waals surface area contributed by atoms with E-state index in [1.807, 2.05) is 6.92 Å². The van der Waals surface area contributed by atoms with Crippen molar-refractivity contribution in [1.82, 2.24) is 0 Å². The molecule has 19 heavy (non-hydrogen) atoms. The van der Waals surface area contributed by atoms with Gasteiger partial charge in [-0.15, -0.1) is 0 Å². The van der Waals surface area contributed by atoms with Gasteiger partial charge in [-0.3, -0.25) is 4.79 Å². The van der Waals surface area contributed by atoms with Gasteiger partial charge in [0.05, 0.1) is 12.2 Å². The molecule has 2 saturated heterocycles. The first-order valence-corrected chi connectivity index (χ1v) is 6.74. The lowest BCUT2D eigenvalue weighted by atomic mass is 9.50. The molecule has 4 aliphatic rings. The smallest absolute Gasteiger partial charge is 0.315 e. The summed E-state index contributed by atoms with van der Waals surface area (Å²) >= 11 is 0. The lowest BCUT2D eigenvalue weighted by molar-refractivity contribution is -0.155. The fourth-order valence-electron chi connectivity index (χ4n) is 4.69. The molecule has 104 valence electrons. The molecule has 0 spiro atoms. The number of hydrogen-bond acceptors (Lipinski definition) is 5. The minimum atomic E-state index is -0.992. The van der Waals surface area contributed by atoms with Crippen molar-refractivity contribution in [2.24, 2.45) is 16.7 Å². The summed E-state index contributed by atoms with van der Waals surface area (Å²) in [4.78, 5) is 12.3. The van der Waals surface area contributed by atoms with Crippen LogP contribution in [0.1, 0.15) is 20.8 Å². The van der Waals surface area contributed by atoms with E-state index in [-0.39, 0.29) is 23.5 Å². The number of fused-ring (bicyclic) bond motifs is 2. The summed E-state index contributed by atoms with van der Waals surface area (Å²) in [5, 5.41) is 20.6. The van der Waals surface area contributed by atoms with Gasteiger partial charge in [0, 0.05) is 11.3 Å². The number of ether oxygens (including phenoxy) is 2. The zero-order valence-electron chi connectivity index (χ0n) is 11.2. The van der Waals surface area contributed by atoms with Gasteiger partial charge in [0.1, 0.15) is 23.7 Å². The Morgan fingerprint density at radius 3 is 2.58 bits per heavy atom. The fourth-order valence-corrected chi connectivity index (χ4v) is 4.69. The molecular weight excluding hydrogens is 248 g/mol. The standard InChI is InChI=1S/C14H18O5/c1-5-4-6(15)7-9-13(5,2)11-8(18-11)10(16)14(9,3)12(17)19-7/h4,6-11,15-16H,1-3H3/t6-,7+,8?,9?,10-,11?,13+,14+/m0/s1. The zero-order valence-corrected chi connectivity index (χ0v) is 11.2. The van der Waals surface area contributed by atoms with Crippen molar-refractivity contribution >= 4 is 5.97 Å². The molecule has 0 aromatic carbocycles. The number of hydrogen-bond donors (Lipinski definition) is 2. The van der Waals surface area contributed by atoms with Crippen LogP contribution in [0.2, 0.25) is 0 Å². The number of carbonyl (C=O) groups excluding carboxylic acids is 1. The van der Waals surface area contributed by atoms with Gasteiger partial charge in [0.25, 0.3) is 0 Å². The van der Waals surface area contributed by atoms with E-state index >= 15 is 0 Å². The van der Waals surface area contributed by atoms with Gasteiger partial charge in [-0.1, -0.05) is 18.6 Å². The second-order valence-electron chi connectivity index (χ2n) is 6.72. The average molecular weight is 266 g/mol. The lowest BCUT2D eigenvalue weighted by Gasteiger charge is -2.50. The number of aliphatic hydroxyl groups excluding tert-OH is 2. The average Bonchev–Trinajstić information content (AvgIpc) is 3.09. The van der Waals surface area contributed by atoms with E-state index in [4.69, 9.17) is 9.47 Å². The summed E-state index contributed by atoms with van der Waals surface area (Å²) in [7, 11) is 0. The van der Waals surface area contributed by atoms with Crippen molar-refractivity contribution in [3.8, 4) is 0 Å². The first kappa shape index (κ1) is 11.9. The van der Waals surface area contributed by atoms with Crippen LogP contribution in [0.15, 0.2) is 11.6 Å². The van der Waals surface area contributed by atoms with Gasteiger partial charge in [-0.05, 0) is 13.8 Å². The van der Waals surface area contributed by atoms with Crippen molar-refractivity contribution in [2.45, 2.75) is 51.3 Å². The molecule has 2 N–H and O–H groups in total. The molecule has 8 atom stereocenters. The molecule has 5 nitrogen and oxygen atoms in total. The van der Waals surface area contributed by atoms with E-state index in [9.17, 15) is 15.0 Å². The van der Waals surface area contributed by atoms with E-state index in [1.165, 1.54) is 0 Å². The van der Waals surface area contributed by atoms with Gasteiger partial charge < -0.3 is 19.7 Å². The largest absolute Gasteiger partial charge is 0.458 e. The SMILES string of the molecule is CC1=C[C@H](O)[C@H]2OC(=O)[C@]3(C)C2[C@]1(C)C1OC1[C@@H]3O. The molecule has 5 heteroatoms. The highest BCUT2D eigenvalue weighted by molar-refractivity contribution is 5.81. The van der Waals surface area contributed by atoms with Crippen LogP contribution in [0.5, 0.6) is 0 Å². The number of rotatable bonds is 0. The first-order valence-electron chi connectivity index (χ1n) is 6.74. The maximum absolute atomic E-state index is 12.3. The minimum absolute atomic E-state index is 0.0821. The fraction of sp³-hybridized carbons (Fsp3) is 0.786. The summed E-state index contributed by atoms with van der Waals surface area (Å²) in [6, 6.07) is 0. The third-order valence-electron chi connectivity index (χ3n) is 5.95. The van der Waals surface area contributed by atoms with E-state index in [0.717, 1.165) is 5.57 Å². The Morgan fingerprint density at radius 1 is 1.21 bits per heavy atom.